The lowest BCUT2D eigenvalue weighted by atomic mass is 10.1. The van der Waals surface area contributed by atoms with Crippen LogP contribution in [-0.2, 0) is 11.0 Å². The van der Waals surface area contributed by atoms with Crippen molar-refractivity contribution in [3.63, 3.8) is 0 Å². The summed E-state index contributed by atoms with van der Waals surface area (Å²) in [7, 11) is 0. The van der Waals surface area contributed by atoms with E-state index < -0.39 is 22.8 Å². The van der Waals surface area contributed by atoms with Gasteiger partial charge in [0.2, 0.25) is 11.9 Å². The summed E-state index contributed by atoms with van der Waals surface area (Å²) in [4.78, 5) is 24.9. The Morgan fingerprint density at radius 1 is 1.18 bits per heavy atom. The molecule has 6 nitrogen and oxygen atoms in total. The third-order valence-corrected chi connectivity index (χ3v) is 4.95. The van der Waals surface area contributed by atoms with Gasteiger partial charge < -0.3 is 10.2 Å². The third kappa shape index (κ3) is 4.71. The first kappa shape index (κ1) is 20.3. The van der Waals surface area contributed by atoms with Crippen LogP contribution in [0.25, 0.3) is 0 Å². The molecule has 1 unspecified atom stereocenters. The maximum atomic E-state index is 13.0. The fourth-order valence-corrected chi connectivity index (χ4v) is 3.22. The molecule has 1 aliphatic heterocycles. The van der Waals surface area contributed by atoms with E-state index in [1.54, 1.807) is 25.4 Å². The van der Waals surface area contributed by atoms with Gasteiger partial charge in [0.25, 0.3) is 0 Å². The summed E-state index contributed by atoms with van der Waals surface area (Å²) < 4.78 is 38.9. The van der Waals surface area contributed by atoms with Crippen LogP contribution in [0.4, 0.5) is 24.8 Å². The molecule has 0 saturated carbocycles. The Kier molecular flexibility index (Phi) is 6.04. The molecule has 1 amide bonds. The van der Waals surface area contributed by atoms with Gasteiger partial charge in [-0.2, -0.15) is 13.2 Å². The number of nitrogens with zero attached hydrogens (tertiary/aromatic N) is 4. The zero-order valence-corrected chi connectivity index (χ0v) is 15.8. The van der Waals surface area contributed by atoms with Gasteiger partial charge in [0, 0.05) is 44.3 Å². The summed E-state index contributed by atoms with van der Waals surface area (Å²) in [6.07, 6.45) is -1.24. The second-order valence-electron chi connectivity index (χ2n) is 6.43. The van der Waals surface area contributed by atoms with Gasteiger partial charge in [-0.1, -0.05) is 11.6 Å². The fourth-order valence-electron chi connectivity index (χ4n) is 3.00. The van der Waals surface area contributed by atoms with Crippen molar-refractivity contribution in [3.8, 4) is 0 Å². The van der Waals surface area contributed by atoms with Gasteiger partial charge in [-0.05, 0) is 31.2 Å². The summed E-state index contributed by atoms with van der Waals surface area (Å²) in [5, 5.41) is 2.14. The number of hydrogen-bond acceptors (Lipinski definition) is 5. The topological polar surface area (TPSA) is 61.4 Å². The van der Waals surface area contributed by atoms with Crippen molar-refractivity contribution in [1.29, 1.82) is 0 Å². The Hall–Kier alpha value is -2.39. The largest absolute Gasteiger partial charge is 0.417 e. The minimum Gasteiger partial charge on any atom is -0.338 e. The monoisotopic (exact) mass is 413 g/mol. The lowest BCUT2D eigenvalue weighted by Gasteiger charge is -2.37. The number of piperazine rings is 1. The Labute approximate surface area is 165 Å². The molecule has 10 heteroatoms. The number of rotatable bonds is 4. The van der Waals surface area contributed by atoms with Gasteiger partial charge in [0.05, 0.1) is 16.6 Å². The molecule has 3 rings (SSSR count). The maximum absolute atomic E-state index is 13.0. The molecule has 1 saturated heterocycles. The summed E-state index contributed by atoms with van der Waals surface area (Å²) >= 11 is 5.61. The summed E-state index contributed by atoms with van der Waals surface area (Å²) in [5.74, 6) is 0.264. The highest BCUT2D eigenvalue weighted by Gasteiger charge is 2.34. The second kappa shape index (κ2) is 8.32. The van der Waals surface area contributed by atoms with E-state index in [2.05, 4.69) is 15.3 Å². The van der Waals surface area contributed by atoms with Gasteiger partial charge in [0.1, 0.15) is 0 Å². The minimum atomic E-state index is -4.58. The molecule has 150 valence electrons. The first-order chi connectivity index (χ1) is 13.3. The number of aromatic nitrogens is 2. The van der Waals surface area contributed by atoms with E-state index in [1.807, 2.05) is 9.80 Å². The predicted octanol–water partition coefficient (Wildman–Crippen LogP) is 3.30. The Balaban J connectivity index is 1.60. The van der Waals surface area contributed by atoms with Gasteiger partial charge in [-0.3, -0.25) is 9.69 Å². The Bertz CT molecular complexity index is 826. The second-order valence-corrected chi connectivity index (χ2v) is 6.84. The highest BCUT2D eigenvalue weighted by Crippen LogP contribution is 2.36. The van der Waals surface area contributed by atoms with Crippen molar-refractivity contribution in [2.24, 2.45) is 0 Å². The fraction of sp³-hybridized carbons (Fsp3) is 0.389. The maximum Gasteiger partial charge on any atom is 0.417 e. The minimum absolute atomic E-state index is 0.0601. The molecular weight excluding hydrogens is 395 g/mol. The van der Waals surface area contributed by atoms with Crippen molar-refractivity contribution in [2.75, 3.05) is 36.4 Å². The highest BCUT2D eigenvalue weighted by molar-refractivity contribution is 6.31. The van der Waals surface area contributed by atoms with Crippen LogP contribution in [0.2, 0.25) is 5.02 Å². The third-order valence-electron chi connectivity index (χ3n) is 4.62. The van der Waals surface area contributed by atoms with Crippen molar-refractivity contribution in [3.05, 3.63) is 47.2 Å². The van der Waals surface area contributed by atoms with E-state index in [9.17, 15) is 18.0 Å². The van der Waals surface area contributed by atoms with Gasteiger partial charge in [0.15, 0.2) is 0 Å². The highest BCUT2D eigenvalue weighted by atomic mass is 35.5. The molecule has 1 N–H and O–H groups in total. The average molecular weight is 414 g/mol. The van der Waals surface area contributed by atoms with E-state index in [0.29, 0.717) is 32.1 Å². The first-order valence-electron chi connectivity index (χ1n) is 8.69. The number of hydrogen-bond donors (Lipinski definition) is 1. The standard InChI is InChI=1S/C18H19ClF3N5O/c1-12(26-7-9-27(10-8-26)17-23-5-2-6-24-17)16(28)25-13-3-4-15(19)14(11-13)18(20,21)22/h2-6,11-12H,7-10H2,1H3,(H,25,28). The van der Waals surface area contributed by atoms with Crippen molar-refractivity contribution in [1.82, 2.24) is 14.9 Å². The number of halogens is 4. The number of benzene rings is 1. The van der Waals surface area contributed by atoms with Crippen LogP contribution in [0.3, 0.4) is 0 Å². The zero-order chi connectivity index (χ0) is 20.3. The normalized spacial score (nSPS) is 16.7. The van der Waals surface area contributed by atoms with Crippen molar-refractivity contribution in [2.45, 2.75) is 19.1 Å². The van der Waals surface area contributed by atoms with Gasteiger partial charge in [-0.25, -0.2) is 9.97 Å². The molecule has 1 fully saturated rings. The quantitative estimate of drug-likeness (QED) is 0.833. The van der Waals surface area contributed by atoms with Gasteiger partial charge in [-0.15, -0.1) is 0 Å². The van der Waals surface area contributed by atoms with Crippen LogP contribution >= 0.6 is 11.6 Å². The molecule has 1 aromatic heterocycles. The van der Waals surface area contributed by atoms with Crippen LogP contribution in [-0.4, -0.2) is 53.0 Å². The first-order valence-corrected chi connectivity index (χ1v) is 9.07. The molecule has 2 aromatic rings. The Morgan fingerprint density at radius 3 is 2.43 bits per heavy atom. The number of carbonyl (C=O) groups is 1. The predicted molar refractivity (Wildman–Crippen MR) is 100 cm³/mol. The van der Waals surface area contributed by atoms with Crippen molar-refractivity contribution >= 4 is 29.1 Å². The van der Waals surface area contributed by atoms with E-state index in [-0.39, 0.29) is 11.6 Å². The zero-order valence-electron chi connectivity index (χ0n) is 15.1. The molecule has 28 heavy (non-hydrogen) atoms. The van der Waals surface area contributed by atoms with Crippen LogP contribution in [0.15, 0.2) is 36.7 Å². The number of alkyl halides is 3. The molecule has 1 aliphatic rings. The van der Waals surface area contributed by atoms with Crippen molar-refractivity contribution < 1.29 is 18.0 Å². The molecule has 0 radical (unpaired) electrons. The number of nitrogens with one attached hydrogen (secondary N) is 1. The lowest BCUT2D eigenvalue weighted by molar-refractivity contribution is -0.137. The number of amides is 1. The van der Waals surface area contributed by atoms with Gasteiger partial charge >= 0.3 is 6.18 Å². The summed E-state index contributed by atoms with van der Waals surface area (Å²) in [6, 6.07) is 4.57. The Morgan fingerprint density at radius 2 is 1.82 bits per heavy atom. The van der Waals surface area contributed by atoms with E-state index >= 15 is 0 Å². The molecule has 1 aromatic carbocycles. The number of anilines is 2. The summed E-state index contributed by atoms with van der Waals surface area (Å²) in [6.45, 7) is 4.26. The van der Waals surface area contributed by atoms with Crippen LogP contribution in [0.1, 0.15) is 12.5 Å². The molecule has 0 spiro atoms. The van der Waals surface area contributed by atoms with Crippen LogP contribution in [0, 0.1) is 0 Å². The molecular formula is C18H19ClF3N5O. The average Bonchev–Trinajstić information content (AvgIpc) is 2.69. The SMILES string of the molecule is CC(C(=O)Nc1ccc(Cl)c(C(F)(F)F)c1)N1CCN(c2ncccn2)CC1. The van der Waals surface area contributed by atoms with Crippen LogP contribution < -0.4 is 10.2 Å². The molecule has 0 bridgehead atoms. The molecule has 1 atom stereocenters. The molecule has 2 heterocycles. The summed E-state index contributed by atoms with van der Waals surface area (Å²) in [5.41, 5.74) is -0.916. The van der Waals surface area contributed by atoms with Crippen LogP contribution in [0.5, 0.6) is 0 Å². The molecule has 0 aliphatic carbocycles. The van der Waals surface area contributed by atoms with E-state index in [1.165, 1.54) is 6.07 Å². The number of carbonyl (C=O) groups excluding carboxylic acids is 1. The smallest absolute Gasteiger partial charge is 0.338 e. The van der Waals surface area contributed by atoms with E-state index in [4.69, 9.17) is 11.6 Å². The lowest BCUT2D eigenvalue weighted by Crippen LogP contribution is -2.53. The van der Waals surface area contributed by atoms with E-state index in [0.717, 1.165) is 12.1 Å².